The van der Waals surface area contributed by atoms with Crippen molar-refractivity contribution in [1.29, 1.82) is 0 Å². The smallest absolute Gasteiger partial charge is 0.326 e. The van der Waals surface area contributed by atoms with Crippen molar-refractivity contribution in [3.8, 4) is 11.5 Å². The molecule has 222 valence electrons. The number of ether oxygens (including phenoxy) is 3. The highest BCUT2D eigenvalue weighted by Crippen LogP contribution is 2.33. The molecule has 1 unspecified atom stereocenters. The summed E-state index contributed by atoms with van der Waals surface area (Å²) in [5.41, 5.74) is 0.925. The Morgan fingerprint density at radius 1 is 1.10 bits per heavy atom. The number of benzene rings is 3. The first kappa shape index (κ1) is 29.4. The van der Waals surface area contributed by atoms with E-state index in [1.165, 1.54) is 16.4 Å². The number of hydrogen-bond acceptors (Lipinski definition) is 7. The summed E-state index contributed by atoms with van der Waals surface area (Å²) in [6.07, 6.45) is 0.804. The molecule has 2 heterocycles. The Morgan fingerprint density at radius 3 is 2.50 bits per heavy atom. The molecule has 4 aromatic rings. The molecule has 0 spiro atoms. The Balaban J connectivity index is 1.54. The van der Waals surface area contributed by atoms with Crippen molar-refractivity contribution in [3.63, 3.8) is 0 Å². The molecule has 1 atom stereocenters. The topological polar surface area (TPSA) is 100.0 Å². The van der Waals surface area contributed by atoms with Gasteiger partial charge in [0, 0.05) is 6.42 Å². The van der Waals surface area contributed by atoms with E-state index >= 15 is 0 Å². The molecule has 11 heteroatoms. The van der Waals surface area contributed by atoms with Gasteiger partial charge in [-0.25, -0.2) is 17.8 Å². The van der Waals surface area contributed by atoms with Gasteiger partial charge >= 0.3 is 5.97 Å². The normalized spacial score (nSPS) is 15.0. The maximum atomic E-state index is 14.0. The van der Waals surface area contributed by atoms with Gasteiger partial charge in [-0.15, -0.1) is 0 Å². The molecule has 3 aromatic carbocycles. The van der Waals surface area contributed by atoms with Crippen molar-refractivity contribution >= 4 is 32.7 Å². The first-order valence-corrected chi connectivity index (χ1v) is 15.3. The van der Waals surface area contributed by atoms with E-state index in [9.17, 15) is 17.6 Å². The number of rotatable bonds is 9. The summed E-state index contributed by atoms with van der Waals surface area (Å²) in [5.74, 6) is 0.875. The number of hydrogen-bond donors (Lipinski definition) is 0. The molecule has 0 saturated heterocycles. The summed E-state index contributed by atoms with van der Waals surface area (Å²) in [6, 6.07) is 17.0. The highest BCUT2D eigenvalue weighted by molar-refractivity contribution is 7.92. The lowest BCUT2D eigenvalue weighted by atomic mass is 10.2. The van der Waals surface area contributed by atoms with Gasteiger partial charge in [-0.2, -0.15) is 0 Å². The standard InChI is InChI=1S/C31H34FN3O6S/c1-5-8-29-33-25-17-22(13-16-26(25)34(29)19-30(36)41-31(2,3)4)35(42(37,38)24-14-11-21(32)12-15-24)18-23-20-39-27-9-6-7-10-28(27)40-23/h6-7,9-17,23H,5,8,18-20H2,1-4H3. The van der Waals surface area contributed by atoms with E-state index < -0.39 is 33.5 Å². The van der Waals surface area contributed by atoms with E-state index in [-0.39, 0.29) is 24.6 Å². The zero-order valence-electron chi connectivity index (χ0n) is 24.0. The first-order valence-electron chi connectivity index (χ1n) is 13.8. The number of aromatic nitrogens is 2. The fraction of sp³-hybridized carbons (Fsp3) is 0.355. The fourth-order valence-electron chi connectivity index (χ4n) is 4.83. The maximum Gasteiger partial charge on any atom is 0.326 e. The van der Waals surface area contributed by atoms with Gasteiger partial charge in [0.2, 0.25) is 0 Å². The van der Waals surface area contributed by atoms with Crippen LogP contribution in [0.5, 0.6) is 11.5 Å². The molecule has 9 nitrogen and oxygen atoms in total. The van der Waals surface area contributed by atoms with Gasteiger partial charge in [0.25, 0.3) is 10.0 Å². The molecule has 1 aromatic heterocycles. The molecule has 0 fully saturated rings. The van der Waals surface area contributed by atoms with Crippen LogP contribution in [0.15, 0.2) is 71.6 Å². The van der Waals surface area contributed by atoms with Gasteiger partial charge in [-0.1, -0.05) is 19.1 Å². The number of sulfonamides is 1. The SMILES string of the molecule is CCCc1nc2cc(N(CC3COc4ccccc4O3)S(=O)(=O)c3ccc(F)cc3)ccc2n1CC(=O)OC(C)(C)C. The van der Waals surface area contributed by atoms with Crippen molar-refractivity contribution in [2.75, 3.05) is 17.5 Å². The molecule has 0 amide bonds. The largest absolute Gasteiger partial charge is 0.486 e. The van der Waals surface area contributed by atoms with E-state index in [4.69, 9.17) is 19.2 Å². The van der Waals surface area contributed by atoms with Crippen LogP contribution in [-0.2, 0) is 32.5 Å². The van der Waals surface area contributed by atoms with Crippen LogP contribution in [0.25, 0.3) is 11.0 Å². The summed E-state index contributed by atoms with van der Waals surface area (Å²) in [6.45, 7) is 7.50. The molecule has 1 aliphatic heterocycles. The van der Waals surface area contributed by atoms with E-state index in [1.807, 2.05) is 44.4 Å². The van der Waals surface area contributed by atoms with Crippen LogP contribution in [0.1, 0.15) is 39.9 Å². The average molecular weight is 596 g/mol. The van der Waals surface area contributed by atoms with E-state index in [2.05, 4.69) is 0 Å². The zero-order valence-corrected chi connectivity index (χ0v) is 24.9. The number of anilines is 1. The van der Waals surface area contributed by atoms with E-state index in [0.29, 0.717) is 40.5 Å². The Morgan fingerprint density at radius 2 is 1.81 bits per heavy atom. The molecule has 0 radical (unpaired) electrons. The van der Waals surface area contributed by atoms with Crippen LogP contribution in [0.3, 0.4) is 0 Å². The Hall–Kier alpha value is -4.12. The minimum absolute atomic E-state index is 0.0211. The summed E-state index contributed by atoms with van der Waals surface area (Å²) in [4.78, 5) is 17.4. The second kappa shape index (κ2) is 11.6. The van der Waals surface area contributed by atoms with Crippen LogP contribution in [0.4, 0.5) is 10.1 Å². The summed E-state index contributed by atoms with van der Waals surface area (Å²) in [7, 11) is -4.15. The Labute approximate surface area is 244 Å². The van der Waals surface area contributed by atoms with Gasteiger partial charge in [0.1, 0.15) is 30.4 Å². The number of imidazole rings is 1. The average Bonchev–Trinajstić information content (AvgIpc) is 3.26. The fourth-order valence-corrected chi connectivity index (χ4v) is 6.32. The lowest BCUT2D eigenvalue weighted by molar-refractivity contribution is -0.155. The van der Waals surface area contributed by atoms with Crippen molar-refractivity contribution < 1.29 is 31.8 Å². The van der Waals surface area contributed by atoms with Gasteiger partial charge < -0.3 is 18.8 Å². The van der Waals surface area contributed by atoms with Crippen LogP contribution < -0.4 is 13.8 Å². The Kier molecular flexibility index (Phi) is 8.14. The molecule has 5 rings (SSSR count). The second-order valence-electron chi connectivity index (χ2n) is 11.1. The van der Waals surface area contributed by atoms with E-state index in [0.717, 1.165) is 18.6 Å². The molecule has 42 heavy (non-hydrogen) atoms. The number of carbonyl (C=O) groups excluding carboxylic acids is 1. The second-order valence-corrected chi connectivity index (χ2v) is 13.0. The number of fused-ring (bicyclic) bond motifs is 2. The van der Waals surface area contributed by atoms with Gasteiger partial charge in [-0.05, 0) is 81.8 Å². The number of carbonyl (C=O) groups is 1. The van der Waals surface area contributed by atoms with E-state index in [1.54, 1.807) is 30.3 Å². The maximum absolute atomic E-state index is 14.0. The molecule has 0 aliphatic carbocycles. The quantitative estimate of drug-likeness (QED) is 0.236. The number of nitrogens with zero attached hydrogens (tertiary/aromatic N) is 3. The molecule has 0 saturated carbocycles. The lowest BCUT2D eigenvalue weighted by Crippen LogP contribution is -2.43. The van der Waals surface area contributed by atoms with Crippen LogP contribution >= 0.6 is 0 Å². The number of para-hydroxylation sites is 2. The van der Waals surface area contributed by atoms with Crippen LogP contribution in [0, 0.1) is 5.82 Å². The van der Waals surface area contributed by atoms with Gasteiger partial charge in [-0.3, -0.25) is 9.10 Å². The van der Waals surface area contributed by atoms with Crippen molar-refractivity contribution in [3.05, 3.63) is 78.4 Å². The number of aryl methyl sites for hydroxylation is 1. The van der Waals surface area contributed by atoms with Crippen LogP contribution in [0.2, 0.25) is 0 Å². The first-order chi connectivity index (χ1) is 19.9. The molecular formula is C31H34FN3O6S. The zero-order chi connectivity index (χ0) is 30.1. The van der Waals surface area contributed by atoms with Crippen molar-refractivity contribution in [1.82, 2.24) is 9.55 Å². The lowest BCUT2D eigenvalue weighted by Gasteiger charge is -2.32. The minimum Gasteiger partial charge on any atom is -0.486 e. The molecule has 1 aliphatic rings. The summed E-state index contributed by atoms with van der Waals surface area (Å²) in [5, 5.41) is 0. The third kappa shape index (κ3) is 6.35. The van der Waals surface area contributed by atoms with Gasteiger partial charge in [0.15, 0.2) is 17.6 Å². The summed E-state index contributed by atoms with van der Waals surface area (Å²) >= 11 is 0. The summed E-state index contributed by atoms with van der Waals surface area (Å²) < 4.78 is 62.1. The van der Waals surface area contributed by atoms with Crippen molar-refractivity contribution in [2.45, 2.75) is 63.7 Å². The third-order valence-corrected chi connectivity index (χ3v) is 8.43. The number of halogens is 1. The van der Waals surface area contributed by atoms with Crippen molar-refractivity contribution in [2.24, 2.45) is 0 Å². The highest BCUT2D eigenvalue weighted by atomic mass is 32.2. The highest BCUT2D eigenvalue weighted by Gasteiger charge is 2.32. The van der Waals surface area contributed by atoms with Crippen LogP contribution in [-0.4, -0.2) is 48.8 Å². The minimum atomic E-state index is -4.15. The predicted molar refractivity (Wildman–Crippen MR) is 157 cm³/mol. The predicted octanol–water partition coefficient (Wildman–Crippen LogP) is 5.50. The number of esters is 1. The van der Waals surface area contributed by atoms with Gasteiger partial charge in [0.05, 0.1) is 28.2 Å². The molecule has 0 N–H and O–H groups in total. The Bertz CT molecular complexity index is 1700. The monoisotopic (exact) mass is 595 g/mol. The third-order valence-electron chi connectivity index (χ3n) is 6.62. The molecular weight excluding hydrogens is 561 g/mol. The molecule has 0 bridgehead atoms.